The summed E-state index contributed by atoms with van der Waals surface area (Å²) >= 11 is 0. The summed E-state index contributed by atoms with van der Waals surface area (Å²) in [5.41, 5.74) is 1.80. The van der Waals surface area contributed by atoms with E-state index in [2.05, 4.69) is 47.6 Å². The van der Waals surface area contributed by atoms with Gasteiger partial charge in [-0.3, -0.25) is 0 Å². The molecule has 1 aromatic carbocycles. The van der Waals surface area contributed by atoms with E-state index in [0.29, 0.717) is 0 Å². The van der Waals surface area contributed by atoms with E-state index in [1.807, 2.05) is 33.8 Å². The fraction of sp³-hybridized carbons (Fsp3) is 0.700. The first-order valence-corrected chi connectivity index (χ1v) is 8.80. The Morgan fingerprint density at radius 2 is 1.29 bits per heavy atom. The lowest BCUT2D eigenvalue weighted by molar-refractivity contribution is 0.00578. The molecule has 2 rings (SSSR count). The molecule has 1 aliphatic heterocycles. The van der Waals surface area contributed by atoms with Gasteiger partial charge in [-0.25, -0.2) is 0 Å². The number of phenols is 1. The Hall–Kier alpha value is -0.995. The Bertz CT molecular complexity index is 618. The van der Waals surface area contributed by atoms with Gasteiger partial charge in [-0.05, 0) is 49.7 Å². The van der Waals surface area contributed by atoms with Crippen LogP contribution in [0.2, 0.25) is 0 Å². The van der Waals surface area contributed by atoms with E-state index in [9.17, 15) is 5.11 Å². The average Bonchev–Trinajstić information content (AvgIpc) is 2.55. The van der Waals surface area contributed by atoms with Crippen molar-refractivity contribution in [2.24, 2.45) is 0 Å². The van der Waals surface area contributed by atoms with Gasteiger partial charge >= 0.3 is 7.12 Å². The van der Waals surface area contributed by atoms with Crippen LogP contribution in [-0.2, 0) is 20.1 Å². The van der Waals surface area contributed by atoms with Crippen molar-refractivity contribution in [1.29, 1.82) is 0 Å². The van der Waals surface area contributed by atoms with Crippen LogP contribution in [0, 0.1) is 0 Å². The molecule has 0 radical (unpaired) electrons. The summed E-state index contributed by atoms with van der Waals surface area (Å²) < 4.78 is 12.4. The van der Waals surface area contributed by atoms with Gasteiger partial charge in [0.1, 0.15) is 5.75 Å². The second kappa shape index (κ2) is 5.50. The van der Waals surface area contributed by atoms with Gasteiger partial charge in [0.05, 0.1) is 11.2 Å². The molecule has 0 amide bonds. The molecule has 24 heavy (non-hydrogen) atoms. The molecule has 1 heterocycles. The maximum absolute atomic E-state index is 11.0. The van der Waals surface area contributed by atoms with E-state index in [0.717, 1.165) is 11.0 Å². The molecular formula is C20H33BO3. The van der Waals surface area contributed by atoms with Crippen molar-refractivity contribution in [2.75, 3.05) is 0 Å². The summed E-state index contributed by atoms with van der Waals surface area (Å²) in [5, 5.41) is 11.0. The highest BCUT2D eigenvalue weighted by atomic mass is 16.7. The van der Waals surface area contributed by atoms with Crippen molar-refractivity contribution in [3.8, 4) is 5.75 Å². The van der Waals surface area contributed by atoms with Crippen molar-refractivity contribution < 1.29 is 14.4 Å². The molecule has 0 atom stereocenters. The quantitative estimate of drug-likeness (QED) is 0.780. The maximum atomic E-state index is 11.0. The third-order valence-corrected chi connectivity index (χ3v) is 5.32. The number of phenolic OH excluding ortho intramolecular Hbond substituents is 1. The van der Waals surface area contributed by atoms with E-state index < -0.39 is 18.3 Å². The minimum atomic E-state index is -0.557. The zero-order valence-electron chi connectivity index (χ0n) is 17.0. The Morgan fingerprint density at radius 1 is 0.833 bits per heavy atom. The monoisotopic (exact) mass is 332 g/mol. The van der Waals surface area contributed by atoms with Gasteiger partial charge in [0.2, 0.25) is 0 Å². The molecule has 0 bridgehead atoms. The first-order valence-electron chi connectivity index (χ1n) is 8.80. The van der Waals surface area contributed by atoms with Gasteiger partial charge < -0.3 is 14.4 Å². The number of aromatic hydroxyl groups is 1. The maximum Gasteiger partial charge on any atom is 0.498 e. The average molecular weight is 332 g/mol. The van der Waals surface area contributed by atoms with Crippen LogP contribution in [0.15, 0.2) is 12.1 Å². The summed E-state index contributed by atoms with van der Waals surface area (Å²) in [6.07, 6.45) is 0. The lowest BCUT2D eigenvalue weighted by Crippen LogP contribution is -2.41. The summed E-state index contributed by atoms with van der Waals surface area (Å²) in [4.78, 5) is 0. The molecule has 0 aromatic heterocycles. The van der Waals surface area contributed by atoms with Crippen LogP contribution in [-0.4, -0.2) is 23.4 Å². The Kier molecular flexibility index (Phi) is 4.43. The first kappa shape index (κ1) is 19.3. The number of hydrogen-bond donors (Lipinski definition) is 1. The van der Waals surface area contributed by atoms with Crippen molar-refractivity contribution in [1.82, 2.24) is 0 Å². The van der Waals surface area contributed by atoms with Crippen LogP contribution in [0.4, 0.5) is 0 Å². The third-order valence-electron chi connectivity index (χ3n) is 5.32. The summed E-state index contributed by atoms with van der Waals surface area (Å²) in [6.45, 7) is 21.0. The minimum Gasteiger partial charge on any atom is -0.508 e. The molecule has 1 N–H and O–H groups in total. The highest BCUT2D eigenvalue weighted by molar-refractivity contribution is 6.63. The number of rotatable bonds is 1. The van der Waals surface area contributed by atoms with Gasteiger partial charge in [0.25, 0.3) is 0 Å². The Balaban J connectivity index is 2.63. The molecule has 1 saturated heterocycles. The zero-order chi connectivity index (χ0) is 18.7. The number of benzene rings is 1. The highest BCUT2D eigenvalue weighted by Gasteiger charge is 2.52. The van der Waals surface area contributed by atoms with Gasteiger partial charge in [0.15, 0.2) is 0 Å². The largest absolute Gasteiger partial charge is 0.508 e. The molecule has 1 aliphatic rings. The van der Waals surface area contributed by atoms with Gasteiger partial charge in [-0.1, -0.05) is 53.7 Å². The summed E-state index contributed by atoms with van der Waals surface area (Å²) in [5.74, 6) is 0.286. The van der Waals surface area contributed by atoms with Crippen LogP contribution in [0.5, 0.6) is 5.75 Å². The molecule has 0 saturated carbocycles. The van der Waals surface area contributed by atoms with Crippen molar-refractivity contribution >= 4 is 12.6 Å². The van der Waals surface area contributed by atoms with Crippen LogP contribution < -0.4 is 5.46 Å². The highest BCUT2D eigenvalue weighted by Crippen LogP contribution is 2.39. The molecule has 1 aromatic rings. The van der Waals surface area contributed by atoms with Crippen molar-refractivity contribution in [3.63, 3.8) is 0 Å². The SMILES string of the molecule is CC(C)(C)c1cc(B2OC(C)(C)C(C)(C)O2)c(O)c(C(C)(C)C)c1. The minimum absolute atomic E-state index is 0.0217. The molecule has 0 spiro atoms. The topological polar surface area (TPSA) is 38.7 Å². The fourth-order valence-electron chi connectivity index (χ4n) is 2.81. The second-order valence-corrected chi connectivity index (χ2v) is 10.0. The van der Waals surface area contributed by atoms with Crippen LogP contribution in [0.3, 0.4) is 0 Å². The molecule has 134 valence electrons. The Labute approximate surface area is 147 Å². The molecule has 3 nitrogen and oxygen atoms in total. The predicted octanol–water partition coefficient (Wildman–Crippen LogP) is 4.29. The summed E-state index contributed by atoms with van der Waals surface area (Å²) in [6, 6.07) is 4.15. The molecule has 0 aliphatic carbocycles. The van der Waals surface area contributed by atoms with Crippen LogP contribution in [0.25, 0.3) is 0 Å². The second-order valence-electron chi connectivity index (χ2n) is 10.0. The Morgan fingerprint density at radius 3 is 1.67 bits per heavy atom. The summed E-state index contributed by atoms with van der Waals surface area (Å²) in [7, 11) is -0.557. The van der Waals surface area contributed by atoms with E-state index in [4.69, 9.17) is 9.31 Å². The molecule has 4 heteroatoms. The smallest absolute Gasteiger partial charge is 0.498 e. The fourth-order valence-corrected chi connectivity index (χ4v) is 2.81. The lowest BCUT2D eigenvalue weighted by Gasteiger charge is -2.32. The van der Waals surface area contributed by atoms with E-state index >= 15 is 0 Å². The zero-order valence-corrected chi connectivity index (χ0v) is 17.0. The van der Waals surface area contributed by atoms with Crippen LogP contribution >= 0.6 is 0 Å². The lowest BCUT2D eigenvalue weighted by atomic mass is 9.70. The normalized spacial score (nSPS) is 20.5. The molecule has 1 fully saturated rings. The van der Waals surface area contributed by atoms with E-state index in [-0.39, 0.29) is 16.6 Å². The number of hydrogen-bond acceptors (Lipinski definition) is 3. The third kappa shape index (κ3) is 3.36. The molecular weight excluding hydrogens is 299 g/mol. The van der Waals surface area contributed by atoms with E-state index in [1.165, 1.54) is 5.56 Å². The van der Waals surface area contributed by atoms with Crippen molar-refractivity contribution in [3.05, 3.63) is 23.3 Å². The van der Waals surface area contributed by atoms with Crippen molar-refractivity contribution in [2.45, 2.75) is 91.3 Å². The molecule has 0 unspecified atom stereocenters. The standard InChI is InChI=1S/C20H33BO3/c1-17(2,3)13-11-14(18(4,5)6)16(22)15(12-13)21-23-19(7,8)20(9,10)24-21/h11-12,22H,1-10H3. The van der Waals surface area contributed by atoms with Crippen LogP contribution in [0.1, 0.15) is 80.4 Å². The predicted molar refractivity (Wildman–Crippen MR) is 101 cm³/mol. The van der Waals surface area contributed by atoms with E-state index in [1.54, 1.807) is 0 Å². The van der Waals surface area contributed by atoms with Gasteiger partial charge in [-0.15, -0.1) is 0 Å². The van der Waals surface area contributed by atoms with Gasteiger partial charge in [0, 0.05) is 5.46 Å². The first-order chi connectivity index (χ1) is 10.6. The van der Waals surface area contributed by atoms with Gasteiger partial charge in [-0.2, -0.15) is 0 Å².